The van der Waals surface area contributed by atoms with Gasteiger partial charge in [-0.2, -0.15) is 0 Å². The van der Waals surface area contributed by atoms with Crippen molar-refractivity contribution < 1.29 is 23.7 Å². The molecule has 6 unspecified atom stereocenters. The number of rotatable bonds is 7. The maximum atomic E-state index is 12.7. The van der Waals surface area contributed by atoms with E-state index in [0.29, 0.717) is 19.8 Å². The SMILES string of the molecule is CCOC(=O)C1=C(c2ccccc2)C2C3OC(C(COC)C3COC)C12. The lowest BCUT2D eigenvalue weighted by Crippen LogP contribution is -2.50. The van der Waals surface area contributed by atoms with E-state index < -0.39 is 0 Å². The highest BCUT2D eigenvalue weighted by Gasteiger charge is 2.67. The van der Waals surface area contributed by atoms with E-state index >= 15 is 0 Å². The van der Waals surface area contributed by atoms with Crippen LogP contribution >= 0.6 is 0 Å². The van der Waals surface area contributed by atoms with Gasteiger partial charge in [-0.25, -0.2) is 4.79 Å². The normalized spacial score (nSPS) is 34.6. The highest BCUT2D eigenvalue weighted by atomic mass is 16.5. The van der Waals surface area contributed by atoms with Crippen LogP contribution in [0.2, 0.25) is 0 Å². The first-order valence-electron chi connectivity index (χ1n) is 9.32. The van der Waals surface area contributed by atoms with Crippen molar-refractivity contribution in [1.29, 1.82) is 0 Å². The number of methoxy groups -OCH3 is 2. The Morgan fingerprint density at radius 3 is 2.19 bits per heavy atom. The van der Waals surface area contributed by atoms with Gasteiger partial charge in [0.25, 0.3) is 0 Å². The summed E-state index contributed by atoms with van der Waals surface area (Å²) >= 11 is 0. The van der Waals surface area contributed by atoms with Gasteiger partial charge in [0.15, 0.2) is 0 Å². The van der Waals surface area contributed by atoms with Gasteiger partial charge in [-0.15, -0.1) is 0 Å². The molecule has 2 fully saturated rings. The zero-order valence-corrected chi connectivity index (χ0v) is 15.5. The predicted octanol–water partition coefficient (Wildman–Crippen LogP) is 2.56. The Bertz CT molecular complexity index is 698. The second kappa shape index (κ2) is 7.14. The van der Waals surface area contributed by atoms with Crippen LogP contribution in [-0.4, -0.2) is 52.2 Å². The molecule has 1 aromatic carbocycles. The fourth-order valence-corrected chi connectivity index (χ4v) is 5.17. The molecule has 0 aromatic heterocycles. The van der Waals surface area contributed by atoms with Gasteiger partial charge in [-0.3, -0.25) is 0 Å². The van der Waals surface area contributed by atoms with Gasteiger partial charge in [0, 0.05) is 43.5 Å². The van der Waals surface area contributed by atoms with Crippen molar-refractivity contribution in [3.05, 3.63) is 41.5 Å². The number of benzene rings is 1. The molecule has 0 saturated carbocycles. The first kappa shape index (κ1) is 17.7. The molecule has 4 rings (SSSR count). The summed E-state index contributed by atoms with van der Waals surface area (Å²) in [5.74, 6) is 0.655. The molecule has 2 heterocycles. The van der Waals surface area contributed by atoms with Crippen LogP contribution in [0, 0.1) is 23.7 Å². The van der Waals surface area contributed by atoms with Crippen molar-refractivity contribution in [3.63, 3.8) is 0 Å². The van der Waals surface area contributed by atoms with Crippen molar-refractivity contribution in [2.75, 3.05) is 34.0 Å². The topological polar surface area (TPSA) is 54.0 Å². The standard InChI is InChI=1S/C21H26O5/c1-4-25-21(22)18-15(12-8-6-5-7-9-12)16-17(18)20-14(11-24-3)13(10-23-2)19(16)26-20/h5-9,13-14,16-17,19-20H,4,10-11H2,1-3H3. The van der Waals surface area contributed by atoms with Crippen molar-refractivity contribution in [3.8, 4) is 0 Å². The van der Waals surface area contributed by atoms with Crippen molar-refractivity contribution in [2.24, 2.45) is 23.7 Å². The monoisotopic (exact) mass is 358 g/mol. The quantitative estimate of drug-likeness (QED) is 0.701. The maximum Gasteiger partial charge on any atom is 0.334 e. The van der Waals surface area contributed by atoms with Crippen LogP contribution in [0.1, 0.15) is 12.5 Å². The number of fused-ring (bicyclic) bond motifs is 5. The van der Waals surface area contributed by atoms with E-state index in [2.05, 4.69) is 12.1 Å². The Balaban J connectivity index is 1.74. The van der Waals surface area contributed by atoms with Crippen LogP contribution in [-0.2, 0) is 23.7 Å². The number of carbonyl (C=O) groups is 1. The number of carbonyl (C=O) groups excluding carboxylic acids is 1. The first-order chi connectivity index (χ1) is 12.7. The third-order valence-electron chi connectivity index (χ3n) is 6.06. The molecule has 5 nitrogen and oxygen atoms in total. The number of hydrogen-bond acceptors (Lipinski definition) is 5. The fourth-order valence-electron chi connectivity index (χ4n) is 5.17. The van der Waals surface area contributed by atoms with Gasteiger partial charge < -0.3 is 18.9 Å². The molecule has 5 heteroatoms. The molecular formula is C21H26O5. The Morgan fingerprint density at radius 1 is 1.00 bits per heavy atom. The van der Waals surface area contributed by atoms with E-state index in [9.17, 15) is 4.79 Å². The van der Waals surface area contributed by atoms with E-state index in [4.69, 9.17) is 18.9 Å². The first-order valence-corrected chi connectivity index (χ1v) is 9.32. The lowest BCUT2D eigenvalue weighted by molar-refractivity contribution is -0.140. The van der Waals surface area contributed by atoms with Crippen LogP contribution in [0.25, 0.3) is 5.57 Å². The molecule has 2 aliphatic heterocycles. The minimum Gasteiger partial charge on any atom is -0.463 e. The summed E-state index contributed by atoms with van der Waals surface area (Å²) in [5.41, 5.74) is 2.98. The average Bonchev–Trinajstić information content (AvgIpc) is 3.10. The van der Waals surface area contributed by atoms with Crippen molar-refractivity contribution in [1.82, 2.24) is 0 Å². The molecule has 0 N–H and O–H groups in total. The Kier molecular flexibility index (Phi) is 4.86. The van der Waals surface area contributed by atoms with Gasteiger partial charge >= 0.3 is 5.97 Å². The second-order valence-electron chi connectivity index (χ2n) is 7.27. The molecule has 0 radical (unpaired) electrons. The summed E-state index contributed by atoms with van der Waals surface area (Å²) < 4.78 is 22.7. The molecule has 6 atom stereocenters. The Hall–Kier alpha value is -1.69. The molecule has 26 heavy (non-hydrogen) atoms. The molecule has 3 aliphatic rings. The highest BCUT2D eigenvalue weighted by molar-refractivity contribution is 6.03. The minimum atomic E-state index is -0.205. The van der Waals surface area contributed by atoms with Gasteiger partial charge in [0.1, 0.15) is 0 Å². The summed E-state index contributed by atoms with van der Waals surface area (Å²) in [6.45, 7) is 3.49. The molecule has 1 aliphatic carbocycles. The van der Waals surface area contributed by atoms with E-state index in [0.717, 1.165) is 16.7 Å². The fraction of sp³-hybridized carbons (Fsp3) is 0.571. The van der Waals surface area contributed by atoms with E-state index in [1.54, 1.807) is 14.2 Å². The van der Waals surface area contributed by atoms with Crippen LogP contribution < -0.4 is 0 Å². The summed E-state index contributed by atoms with van der Waals surface area (Å²) in [6, 6.07) is 10.1. The third kappa shape index (κ3) is 2.53. The van der Waals surface area contributed by atoms with Crippen LogP contribution in [0.15, 0.2) is 35.9 Å². The predicted molar refractivity (Wildman–Crippen MR) is 96.4 cm³/mol. The summed E-state index contributed by atoms with van der Waals surface area (Å²) in [5, 5.41) is 0. The summed E-state index contributed by atoms with van der Waals surface area (Å²) in [7, 11) is 3.44. The minimum absolute atomic E-state index is 0.00281. The molecular weight excluding hydrogens is 332 g/mol. The molecule has 1 aromatic rings. The van der Waals surface area contributed by atoms with Crippen molar-refractivity contribution in [2.45, 2.75) is 19.1 Å². The Labute approximate surface area is 154 Å². The maximum absolute atomic E-state index is 12.7. The third-order valence-corrected chi connectivity index (χ3v) is 6.06. The molecule has 0 spiro atoms. The smallest absolute Gasteiger partial charge is 0.334 e. The number of ether oxygens (including phenoxy) is 4. The largest absolute Gasteiger partial charge is 0.463 e. The zero-order valence-electron chi connectivity index (χ0n) is 15.5. The van der Waals surface area contributed by atoms with Crippen LogP contribution in [0.3, 0.4) is 0 Å². The van der Waals surface area contributed by atoms with Gasteiger partial charge in [0.2, 0.25) is 0 Å². The lowest BCUT2D eigenvalue weighted by Gasteiger charge is -2.46. The highest BCUT2D eigenvalue weighted by Crippen LogP contribution is 2.63. The molecule has 2 saturated heterocycles. The van der Waals surface area contributed by atoms with E-state index in [-0.39, 0.29) is 41.8 Å². The van der Waals surface area contributed by atoms with E-state index in [1.807, 2.05) is 25.1 Å². The summed E-state index contributed by atoms with van der Waals surface area (Å²) in [4.78, 5) is 12.7. The summed E-state index contributed by atoms with van der Waals surface area (Å²) in [6.07, 6.45) is 0.0652. The van der Waals surface area contributed by atoms with Gasteiger partial charge in [0.05, 0.1) is 32.0 Å². The number of hydrogen-bond donors (Lipinski definition) is 0. The zero-order chi connectivity index (χ0) is 18.3. The van der Waals surface area contributed by atoms with E-state index in [1.165, 1.54) is 0 Å². The van der Waals surface area contributed by atoms with Crippen molar-refractivity contribution >= 4 is 11.5 Å². The second-order valence-corrected chi connectivity index (χ2v) is 7.27. The molecule has 140 valence electrons. The molecule has 2 bridgehead atoms. The van der Waals surface area contributed by atoms with Gasteiger partial charge in [-0.1, -0.05) is 30.3 Å². The Morgan fingerprint density at radius 2 is 1.62 bits per heavy atom. The van der Waals surface area contributed by atoms with Crippen LogP contribution in [0.4, 0.5) is 0 Å². The molecule has 0 amide bonds. The van der Waals surface area contributed by atoms with Gasteiger partial charge in [-0.05, 0) is 18.1 Å². The average molecular weight is 358 g/mol. The number of esters is 1. The van der Waals surface area contributed by atoms with Crippen LogP contribution in [0.5, 0.6) is 0 Å². The lowest BCUT2D eigenvalue weighted by atomic mass is 9.55.